The van der Waals surface area contributed by atoms with Crippen molar-refractivity contribution in [1.29, 1.82) is 0 Å². The Labute approximate surface area is 104 Å². The van der Waals surface area contributed by atoms with Crippen LogP contribution in [-0.2, 0) is 0 Å². The Morgan fingerprint density at radius 2 is 1.65 bits per heavy atom. The first-order chi connectivity index (χ1) is 8.06. The molecule has 0 aromatic heterocycles. The van der Waals surface area contributed by atoms with Gasteiger partial charge in [0.25, 0.3) is 0 Å². The monoisotopic (exact) mass is 231 g/mol. The summed E-state index contributed by atoms with van der Waals surface area (Å²) in [4.78, 5) is 8.71. The van der Waals surface area contributed by atoms with Gasteiger partial charge in [-0.15, -0.1) is 6.58 Å². The van der Waals surface area contributed by atoms with Crippen molar-refractivity contribution >= 4 is 5.96 Å². The zero-order valence-electron chi connectivity index (χ0n) is 11.1. The summed E-state index contributed by atoms with van der Waals surface area (Å²) in [7, 11) is 7.96. The molecule has 0 saturated carbocycles. The lowest BCUT2D eigenvalue weighted by molar-refractivity contribution is 0.476. The number of nitrogens with zero attached hydrogens (tertiary/aromatic N) is 3. The Morgan fingerprint density at radius 1 is 1.12 bits per heavy atom. The van der Waals surface area contributed by atoms with Gasteiger partial charge in [-0.3, -0.25) is 0 Å². The molecule has 1 aromatic rings. The number of hydrogen-bond donors (Lipinski definition) is 0. The summed E-state index contributed by atoms with van der Waals surface area (Å²) in [5, 5.41) is 0. The lowest BCUT2D eigenvalue weighted by atomic mass is 10.1. The average Bonchev–Trinajstić information content (AvgIpc) is 2.30. The fourth-order valence-electron chi connectivity index (χ4n) is 1.67. The average molecular weight is 231 g/mol. The first-order valence-electron chi connectivity index (χ1n) is 5.66. The normalized spacial score (nSPS) is 11.5. The van der Waals surface area contributed by atoms with E-state index in [4.69, 9.17) is 4.99 Å². The standard InChI is InChI=1S/C14H21N3/c1-6-13(12-10-8-7-9-11-12)15-14(16(2)3)17(4)5/h6-11,13H,1H2,2-5H3. The maximum Gasteiger partial charge on any atom is 0.196 e. The van der Waals surface area contributed by atoms with Crippen LogP contribution in [-0.4, -0.2) is 44.0 Å². The number of guanidine groups is 1. The summed E-state index contributed by atoms with van der Waals surface area (Å²) in [6.45, 7) is 3.87. The van der Waals surface area contributed by atoms with Crippen molar-refractivity contribution in [3.05, 3.63) is 48.6 Å². The Kier molecular flexibility index (Phi) is 4.76. The number of hydrogen-bond acceptors (Lipinski definition) is 1. The van der Waals surface area contributed by atoms with E-state index in [1.165, 1.54) is 0 Å². The lowest BCUT2D eigenvalue weighted by Crippen LogP contribution is -2.35. The van der Waals surface area contributed by atoms with Crippen molar-refractivity contribution in [3.63, 3.8) is 0 Å². The van der Waals surface area contributed by atoms with Gasteiger partial charge in [0.05, 0.1) is 6.04 Å². The molecule has 1 rings (SSSR count). The molecule has 1 atom stereocenters. The van der Waals surface area contributed by atoms with Crippen LogP contribution in [0.5, 0.6) is 0 Å². The molecule has 1 unspecified atom stereocenters. The van der Waals surface area contributed by atoms with Crippen LogP contribution in [0.1, 0.15) is 11.6 Å². The highest BCUT2D eigenvalue weighted by Gasteiger charge is 2.10. The van der Waals surface area contributed by atoms with E-state index in [1.54, 1.807) is 0 Å². The van der Waals surface area contributed by atoms with Crippen molar-refractivity contribution in [1.82, 2.24) is 9.80 Å². The molecule has 0 aliphatic rings. The molecular formula is C14H21N3. The Balaban J connectivity index is 3.03. The molecule has 0 amide bonds. The smallest absolute Gasteiger partial charge is 0.196 e. The minimum Gasteiger partial charge on any atom is -0.349 e. The largest absolute Gasteiger partial charge is 0.349 e. The van der Waals surface area contributed by atoms with Gasteiger partial charge in [0.2, 0.25) is 0 Å². The fourth-order valence-corrected chi connectivity index (χ4v) is 1.67. The number of benzene rings is 1. The van der Waals surface area contributed by atoms with E-state index >= 15 is 0 Å². The highest BCUT2D eigenvalue weighted by atomic mass is 15.3. The minimum absolute atomic E-state index is 0.00370. The third-order valence-corrected chi connectivity index (χ3v) is 2.42. The molecule has 0 saturated heterocycles. The second kappa shape index (κ2) is 6.09. The van der Waals surface area contributed by atoms with Crippen LogP contribution in [0, 0.1) is 0 Å². The van der Waals surface area contributed by atoms with E-state index in [-0.39, 0.29) is 6.04 Å². The summed E-state index contributed by atoms with van der Waals surface area (Å²) in [5.41, 5.74) is 1.16. The molecule has 0 spiro atoms. The third kappa shape index (κ3) is 3.63. The van der Waals surface area contributed by atoms with Gasteiger partial charge in [-0.2, -0.15) is 0 Å². The maximum absolute atomic E-state index is 4.71. The molecule has 0 aliphatic heterocycles. The molecular weight excluding hydrogens is 210 g/mol. The second-order valence-corrected chi connectivity index (χ2v) is 4.31. The minimum atomic E-state index is -0.00370. The SMILES string of the molecule is C=CC(N=C(N(C)C)N(C)C)c1ccccc1. The van der Waals surface area contributed by atoms with E-state index in [2.05, 4.69) is 18.7 Å². The highest BCUT2D eigenvalue weighted by molar-refractivity contribution is 5.79. The van der Waals surface area contributed by atoms with Gasteiger partial charge < -0.3 is 9.80 Å². The van der Waals surface area contributed by atoms with E-state index in [9.17, 15) is 0 Å². The van der Waals surface area contributed by atoms with Gasteiger partial charge in [-0.1, -0.05) is 36.4 Å². The molecule has 3 nitrogen and oxygen atoms in total. The van der Waals surface area contributed by atoms with E-state index < -0.39 is 0 Å². The first kappa shape index (κ1) is 13.3. The Bertz CT molecular complexity index is 370. The molecule has 3 heteroatoms. The molecule has 0 N–H and O–H groups in total. The summed E-state index contributed by atoms with van der Waals surface area (Å²) in [6.07, 6.45) is 1.86. The molecule has 0 radical (unpaired) electrons. The van der Waals surface area contributed by atoms with E-state index in [0.717, 1.165) is 11.5 Å². The van der Waals surface area contributed by atoms with Gasteiger partial charge in [-0.05, 0) is 5.56 Å². The van der Waals surface area contributed by atoms with Crippen LogP contribution in [0.25, 0.3) is 0 Å². The topological polar surface area (TPSA) is 18.8 Å². The zero-order chi connectivity index (χ0) is 12.8. The number of aliphatic imine (C=N–C) groups is 1. The van der Waals surface area contributed by atoms with Gasteiger partial charge in [0.1, 0.15) is 0 Å². The van der Waals surface area contributed by atoms with Crippen molar-refractivity contribution in [2.24, 2.45) is 4.99 Å². The van der Waals surface area contributed by atoms with Crippen molar-refractivity contribution in [2.75, 3.05) is 28.2 Å². The molecule has 0 fully saturated rings. The van der Waals surface area contributed by atoms with E-state index in [0.29, 0.717) is 0 Å². The Morgan fingerprint density at radius 3 is 2.06 bits per heavy atom. The molecule has 0 heterocycles. The molecule has 0 bridgehead atoms. The van der Waals surface area contributed by atoms with Crippen LogP contribution in [0.4, 0.5) is 0 Å². The fraction of sp³-hybridized carbons (Fsp3) is 0.357. The molecule has 17 heavy (non-hydrogen) atoms. The van der Waals surface area contributed by atoms with Gasteiger partial charge in [-0.25, -0.2) is 4.99 Å². The summed E-state index contributed by atoms with van der Waals surface area (Å²) in [5.74, 6) is 0.929. The van der Waals surface area contributed by atoms with Crippen molar-refractivity contribution in [2.45, 2.75) is 6.04 Å². The van der Waals surface area contributed by atoms with Crippen LogP contribution in [0.3, 0.4) is 0 Å². The molecule has 92 valence electrons. The zero-order valence-corrected chi connectivity index (χ0v) is 11.1. The molecule has 0 aliphatic carbocycles. The van der Waals surface area contributed by atoms with Gasteiger partial charge in [0, 0.05) is 28.2 Å². The van der Waals surface area contributed by atoms with Gasteiger partial charge in [0.15, 0.2) is 5.96 Å². The van der Waals surface area contributed by atoms with Crippen molar-refractivity contribution in [3.8, 4) is 0 Å². The summed E-state index contributed by atoms with van der Waals surface area (Å²) < 4.78 is 0. The van der Waals surface area contributed by atoms with Crippen LogP contribution < -0.4 is 0 Å². The summed E-state index contributed by atoms with van der Waals surface area (Å²) >= 11 is 0. The predicted octanol–water partition coefficient (Wildman–Crippen LogP) is 2.39. The van der Waals surface area contributed by atoms with E-state index in [1.807, 2.05) is 62.3 Å². The summed E-state index contributed by atoms with van der Waals surface area (Å²) in [6, 6.07) is 10.2. The van der Waals surface area contributed by atoms with Crippen LogP contribution in [0.2, 0.25) is 0 Å². The molecule has 1 aromatic carbocycles. The van der Waals surface area contributed by atoms with Crippen LogP contribution >= 0.6 is 0 Å². The quantitative estimate of drug-likeness (QED) is 0.452. The second-order valence-electron chi connectivity index (χ2n) is 4.31. The first-order valence-corrected chi connectivity index (χ1v) is 5.66. The van der Waals surface area contributed by atoms with Gasteiger partial charge >= 0.3 is 0 Å². The van der Waals surface area contributed by atoms with Crippen LogP contribution in [0.15, 0.2) is 48.0 Å². The predicted molar refractivity (Wildman–Crippen MR) is 74.2 cm³/mol. The third-order valence-electron chi connectivity index (χ3n) is 2.42. The Hall–Kier alpha value is -1.77. The number of rotatable bonds is 3. The maximum atomic E-state index is 4.71. The lowest BCUT2D eigenvalue weighted by Gasteiger charge is -2.24. The van der Waals surface area contributed by atoms with Crippen molar-refractivity contribution < 1.29 is 0 Å². The highest BCUT2D eigenvalue weighted by Crippen LogP contribution is 2.18.